The van der Waals surface area contributed by atoms with E-state index in [4.69, 9.17) is 0 Å². The molecule has 1 unspecified atom stereocenters. The number of rotatable bonds is 6. The Labute approximate surface area is 149 Å². The van der Waals surface area contributed by atoms with Crippen LogP contribution in [0.2, 0.25) is 0 Å². The number of Topliss-reactive ketones (excluding diaryl/α,β-unsaturated/α-hetero) is 1. The van der Waals surface area contributed by atoms with Crippen LogP contribution < -0.4 is 5.32 Å². The molecule has 1 N–H and O–H groups in total. The van der Waals surface area contributed by atoms with Gasteiger partial charge in [-0.2, -0.15) is 0 Å². The summed E-state index contributed by atoms with van der Waals surface area (Å²) in [5.74, 6) is -0.0586. The molecule has 0 spiro atoms. The van der Waals surface area contributed by atoms with E-state index in [-0.39, 0.29) is 30.6 Å². The number of ketones is 1. The van der Waals surface area contributed by atoms with Crippen molar-refractivity contribution in [2.24, 2.45) is 0 Å². The van der Waals surface area contributed by atoms with Gasteiger partial charge in [-0.25, -0.2) is 0 Å². The van der Waals surface area contributed by atoms with Crippen LogP contribution in [0, 0.1) is 13.8 Å². The molecule has 2 aromatic rings. The van der Waals surface area contributed by atoms with Gasteiger partial charge in [0.2, 0.25) is 5.91 Å². The van der Waals surface area contributed by atoms with Crippen LogP contribution in [0.5, 0.6) is 0 Å². The van der Waals surface area contributed by atoms with E-state index in [0.29, 0.717) is 0 Å². The number of hydrogen-bond acceptors (Lipinski definition) is 3. The molecule has 3 nitrogen and oxygen atoms in total. The van der Waals surface area contributed by atoms with Crippen molar-refractivity contribution in [1.29, 1.82) is 0 Å². The van der Waals surface area contributed by atoms with Gasteiger partial charge >= 0.3 is 0 Å². The third-order valence-electron chi connectivity index (χ3n) is 3.67. The van der Waals surface area contributed by atoms with E-state index in [2.05, 4.69) is 21.2 Å². The summed E-state index contributed by atoms with van der Waals surface area (Å²) in [5.41, 5.74) is 1.79. The Hall–Kier alpha value is -1.46. The van der Waals surface area contributed by atoms with E-state index >= 15 is 0 Å². The molecule has 0 saturated carbocycles. The highest BCUT2D eigenvalue weighted by Gasteiger charge is 2.15. The SMILES string of the molecule is Cc1cc(C(=O)CCC(=O)NC(C)c2ccc(Br)cc2)c(C)s1. The van der Waals surface area contributed by atoms with Gasteiger partial charge in [0.1, 0.15) is 0 Å². The van der Waals surface area contributed by atoms with Gasteiger partial charge in [0, 0.05) is 32.6 Å². The van der Waals surface area contributed by atoms with Crippen LogP contribution >= 0.6 is 27.3 Å². The summed E-state index contributed by atoms with van der Waals surface area (Å²) in [5, 5.41) is 2.94. The molecule has 1 atom stereocenters. The average molecular weight is 394 g/mol. The summed E-state index contributed by atoms with van der Waals surface area (Å²) in [7, 11) is 0. The number of carbonyl (C=O) groups excluding carboxylic acids is 2. The highest BCUT2D eigenvalue weighted by atomic mass is 79.9. The van der Waals surface area contributed by atoms with Crippen LogP contribution in [-0.2, 0) is 4.79 Å². The van der Waals surface area contributed by atoms with Gasteiger partial charge in [0.15, 0.2) is 5.78 Å². The second kappa shape index (κ2) is 7.88. The van der Waals surface area contributed by atoms with Crippen LogP contribution in [0.25, 0.3) is 0 Å². The summed E-state index contributed by atoms with van der Waals surface area (Å²) >= 11 is 5.01. The third-order valence-corrected chi connectivity index (χ3v) is 5.16. The maximum absolute atomic E-state index is 12.2. The molecule has 1 amide bonds. The van der Waals surface area contributed by atoms with Gasteiger partial charge in [-0.1, -0.05) is 28.1 Å². The lowest BCUT2D eigenvalue weighted by molar-refractivity contribution is -0.121. The monoisotopic (exact) mass is 393 g/mol. The number of carbonyl (C=O) groups is 2. The van der Waals surface area contributed by atoms with E-state index in [0.717, 1.165) is 25.4 Å². The lowest BCUT2D eigenvalue weighted by Gasteiger charge is -2.14. The first-order valence-corrected chi connectivity index (χ1v) is 9.13. The Morgan fingerprint density at radius 2 is 1.83 bits per heavy atom. The fraction of sp³-hybridized carbons (Fsp3) is 0.333. The molecule has 122 valence electrons. The van der Waals surface area contributed by atoms with Crippen molar-refractivity contribution >= 4 is 39.0 Å². The Morgan fingerprint density at radius 1 is 1.17 bits per heavy atom. The lowest BCUT2D eigenvalue weighted by atomic mass is 10.1. The maximum Gasteiger partial charge on any atom is 0.220 e. The number of benzene rings is 1. The second-order valence-electron chi connectivity index (χ2n) is 5.59. The van der Waals surface area contributed by atoms with Crippen molar-refractivity contribution in [3.63, 3.8) is 0 Å². The smallest absolute Gasteiger partial charge is 0.220 e. The predicted octanol–water partition coefficient (Wildman–Crippen LogP) is 4.97. The highest BCUT2D eigenvalue weighted by molar-refractivity contribution is 9.10. The summed E-state index contributed by atoms with van der Waals surface area (Å²) in [6.45, 7) is 5.87. The average Bonchev–Trinajstić information content (AvgIpc) is 2.84. The first kappa shape index (κ1) is 17.9. The molecule has 0 aliphatic rings. The molecule has 0 bridgehead atoms. The molecular weight excluding hydrogens is 374 g/mol. The molecule has 0 saturated heterocycles. The fourth-order valence-corrected chi connectivity index (χ4v) is 3.62. The van der Waals surface area contributed by atoms with Gasteiger partial charge in [0.25, 0.3) is 0 Å². The molecular formula is C18H20BrNO2S. The molecule has 0 fully saturated rings. The zero-order chi connectivity index (χ0) is 17.0. The Bertz CT molecular complexity index is 706. The zero-order valence-corrected chi connectivity index (χ0v) is 15.9. The first-order chi connectivity index (χ1) is 10.9. The van der Waals surface area contributed by atoms with E-state index in [1.165, 1.54) is 0 Å². The zero-order valence-electron chi connectivity index (χ0n) is 13.5. The van der Waals surface area contributed by atoms with Crippen molar-refractivity contribution in [2.75, 3.05) is 0 Å². The first-order valence-electron chi connectivity index (χ1n) is 7.52. The van der Waals surface area contributed by atoms with Gasteiger partial charge in [-0.3, -0.25) is 9.59 Å². The standard InChI is InChI=1S/C18H20BrNO2S/c1-11-10-16(13(3)23-11)17(21)8-9-18(22)20-12(2)14-4-6-15(19)7-5-14/h4-7,10,12H,8-9H2,1-3H3,(H,20,22). The molecule has 5 heteroatoms. The largest absolute Gasteiger partial charge is 0.350 e. The van der Waals surface area contributed by atoms with Gasteiger partial charge in [0.05, 0.1) is 6.04 Å². The molecule has 2 rings (SSSR count). The predicted molar refractivity (Wildman–Crippen MR) is 98.1 cm³/mol. The van der Waals surface area contributed by atoms with E-state index in [9.17, 15) is 9.59 Å². The topological polar surface area (TPSA) is 46.2 Å². The number of amides is 1. The molecule has 1 aromatic carbocycles. The number of aryl methyl sites for hydroxylation is 2. The Kier molecular flexibility index (Phi) is 6.13. The molecule has 23 heavy (non-hydrogen) atoms. The number of halogens is 1. The quantitative estimate of drug-likeness (QED) is 0.704. The van der Waals surface area contributed by atoms with Crippen molar-refractivity contribution in [1.82, 2.24) is 5.32 Å². The van der Waals surface area contributed by atoms with Crippen LogP contribution in [0.3, 0.4) is 0 Å². The van der Waals surface area contributed by atoms with Gasteiger partial charge < -0.3 is 5.32 Å². The molecule has 1 heterocycles. The summed E-state index contributed by atoms with van der Waals surface area (Å²) < 4.78 is 1.01. The number of thiophene rings is 1. The number of nitrogens with one attached hydrogen (secondary N) is 1. The van der Waals surface area contributed by atoms with E-state index < -0.39 is 0 Å². The molecule has 0 radical (unpaired) electrons. The van der Waals surface area contributed by atoms with Crippen molar-refractivity contribution in [3.8, 4) is 0 Å². The minimum Gasteiger partial charge on any atom is -0.350 e. The fourth-order valence-electron chi connectivity index (χ4n) is 2.42. The third kappa shape index (κ3) is 5.01. The summed E-state index contributed by atoms with van der Waals surface area (Å²) in [6.07, 6.45) is 0.462. The van der Waals surface area contributed by atoms with Crippen molar-refractivity contribution in [2.45, 2.75) is 39.7 Å². The summed E-state index contributed by atoms with van der Waals surface area (Å²) in [6, 6.07) is 9.67. The normalized spacial score (nSPS) is 12.0. The minimum atomic E-state index is -0.0987. The Balaban J connectivity index is 1.86. The maximum atomic E-state index is 12.2. The number of hydrogen-bond donors (Lipinski definition) is 1. The van der Waals surface area contributed by atoms with E-state index in [1.54, 1.807) is 11.3 Å². The van der Waals surface area contributed by atoms with Crippen LogP contribution in [0.4, 0.5) is 0 Å². The molecule has 1 aromatic heterocycles. The van der Waals surface area contributed by atoms with Crippen LogP contribution in [0.1, 0.15) is 51.5 Å². The Morgan fingerprint density at radius 3 is 2.39 bits per heavy atom. The van der Waals surface area contributed by atoms with E-state index in [1.807, 2.05) is 51.1 Å². The van der Waals surface area contributed by atoms with Crippen molar-refractivity contribution in [3.05, 3.63) is 55.7 Å². The lowest BCUT2D eigenvalue weighted by Crippen LogP contribution is -2.26. The molecule has 0 aliphatic carbocycles. The van der Waals surface area contributed by atoms with Crippen LogP contribution in [-0.4, -0.2) is 11.7 Å². The van der Waals surface area contributed by atoms with Crippen LogP contribution in [0.15, 0.2) is 34.8 Å². The summed E-state index contributed by atoms with van der Waals surface area (Å²) in [4.78, 5) is 26.4. The highest BCUT2D eigenvalue weighted by Crippen LogP contribution is 2.22. The van der Waals surface area contributed by atoms with Crippen molar-refractivity contribution < 1.29 is 9.59 Å². The molecule has 0 aliphatic heterocycles. The minimum absolute atomic E-state index is 0.0401. The van der Waals surface area contributed by atoms with Gasteiger partial charge in [-0.15, -0.1) is 11.3 Å². The second-order valence-corrected chi connectivity index (χ2v) is 7.97. The van der Waals surface area contributed by atoms with Gasteiger partial charge in [-0.05, 0) is 44.5 Å².